The molecule has 0 aliphatic carbocycles. The van der Waals surface area contributed by atoms with Gasteiger partial charge in [0.15, 0.2) is 0 Å². The summed E-state index contributed by atoms with van der Waals surface area (Å²) in [6.07, 6.45) is 0. The molecule has 3 heteroatoms. The van der Waals surface area contributed by atoms with Crippen molar-refractivity contribution in [3.63, 3.8) is 0 Å². The molecule has 3 nitrogen and oxygen atoms in total. The van der Waals surface area contributed by atoms with Crippen LogP contribution in [-0.2, 0) is 6.54 Å². The summed E-state index contributed by atoms with van der Waals surface area (Å²) in [4.78, 5) is 4.78. The Balaban J connectivity index is 2.41. The van der Waals surface area contributed by atoms with Gasteiger partial charge in [0.25, 0.3) is 0 Å². The summed E-state index contributed by atoms with van der Waals surface area (Å²) >= 11 is 0. The number of aromatic nitrogens is 1. The van der Waals surface area contributed by atoms with Gasteiger partial charge in [-0.05, 0) is 32.2 Å². The van der Waals surface area contributed by atoms with Crippen molar-refractivity contribution in [2.24, 2.45) is 0 Å². The van der Waals surface area contributed by atoms with E-state index in [-0.39, 0.29) is 5.54 Å². The zero-order valence-corrected chi connectivity index (χ0v) is 13.1. The van der Waals surface area contributed by atoms with Gasteiger partial charge < -0.3 is 10.6 Å². The van der Waals surface area contributed by atoms with Crippen LogP contribution in [0.25, 0.3) is 10.8 Å². The molecule has 0 unspecified atom stereocenters. The molecule has 0 aliphatic heterocycles. The van der Waals surface area contributed by atoms with Crippen molar-refractivity contribution in [2.75, 3.05) is 5.32 Å². The predicted octanol–water partition coefficient (Wildman–Crippen LogP) is 3.94. The topological polar surface area (TPSA) is 37.0 Å². The standard InChI is InChI=1S/C17H25N3/c1-12(2)18-11-14-10-13-8-6-7-9-15(13)16(19-14)20-17(3,4)5/h6-10,12,18H,11H2,1-5H3,(H,19,20). The highest BCUT2D eigenvalue weighted by Crippen LogP contribution is 2.25. The van der Waals surface area contributed by atoms with E-state index >= 15 is 0 Å². The molecule has 0 aliphatic rings. The van der Waals surface area contributed by atoms with Gasteiger partial charge in [-0.15, -0.1) is 0 Å². The van der Waals surface area contributed by atoms with E-state index in [1.165, 1.54) is 10.8 Å². The van der Waals surface area contributed by atoms with E-state index in [4.69, 9.17) is 4.98 Å². The first-order valence-corrected chi connectivity index (χ1v) is 7.25. The summed E-state index contributed by atoms with van der Waals surface area (Å²) in [5, 5.41) is 9.35. The maximum Gasteiger partial charge on any atom is 0.134 e. The average molecular weight is 271 g/mol. The molecule has 2 rings (SSSR count). The highest BCUT2D eigenvalue weighted by Gasteiger charge is 2.13. The lowest BCUT2D eigenvalue weighted by atomic mass is 10.1. The van der Waals surface area contributed by atoms with Crippen LogP contribution in [-0.4, -0.2) is 16.6 Å². The Hall–Kier alpha value is -1.61. The highest BCUT2D eigenvalue weighted by molar-refractivity contribution is 5.92. The summed E-state index contributed by atoms with van der Waals surface area (Å²) in [6, 6.07) is 11.0. The van der Waals surface area contributed by atoms with E-state index in [0.717, 1.165) is 18.1 Å². The fourth-order valence-corrected chi connectivity index (χ4v) is 2.10. The maximum absolute atomic E-state index is 4.78. The third kappa shape index (κ3) is 3.94. The first-order valence-electron chi connectivity index (χ1n) is 7.25. The van der Waals surface area contributed by atoms with Crippen LogP contribution < -0.4 is 10.6 Å². The second-order valence-electron chi connectivity index (χ2n) is 6.59. The number of rotatable bonds is 4. The maximum atomic E-state index is 4.78. The van der Waals surface area contributed by atoms with Crippen LogP contribution in [0.15, 0.2) is 30.3 Å². The Morgan fingerprint density at radius 2 is 1.85 bits per heavy atom. The van der Waals surface area contributed by atoms with E-state index < -0.39 is 0 Å². The van der Waals surface area contributed by atoms with E-state index in [9.17, 15) is 0 Å². The second-order valence-corrected chi connectivity index (χ2v) is 6.59. The Morgan fingerprint density at radius 3 is 2.50 bits per heavy atom. The molecule has 0 amide bonds. The quantitative estimate of drug-likeness (QED) is 0.884. The minimum atomic E-state index is -0.000128. The van der Waals surface area contributed by atoms with Crippen molar-refractivity contribution in [3.8, 4) is 0 Å². The van der Waals surface area contributed by atoms with Crippen LogP contribution in [0.4, 0.5) is 5.82 Å². The van der Waals surface area contributed by atoms with Crippen molar-refractivity contribution in [1.82, 2.24) is 10.3 Å². The van der Waals surface area contributed by atoms with Crippen molar-refractivity contribution in [3.05, 3.63) is 36.0 Å². The lowest BCUT2D eigenvalue weighted by Crippen LogP contribution is -2.27. The number of hydrogen-bond acceptors (Lipinski definition) is 3. The van der Waals surface area contributed by atoms with Gasteiger partial charge in [-0.25, -0.2) is 4.98 Å². The van der Waals surface area contributed by atoms with Crippen LogP contribution >= 0.6 is 0 Å². The van der Waals surface area contributed by atoms with Gasteiger partial charge in [0.1, 0.15) is 5.82 Å². The number of hydrogen-bond donors (Lipinski definition) is 2. The summed E-state index contributed by atoms with van der Waals surface area (Å²) in [6.45, 7) is 11.6. The van der Waals surface area contributed by atoms with Gasteiger partial charge in [0.2, 0.25) is 0 Å². The number of anilines is 1. The van der Waals surface area contributed by atoms with Crippen molar-refractivity contribution in [2.45, 2.75) is 52.7 Å². The van der Waals surface area contributed by atoms with Crippen LogP contribution in [0, 0.1) is 0 Å². The Kier molecular flexibility index (Phi) is 4.29. The molecule has 0 atom stereocenters. The number of pyridine rings is 1. The van der Waals surface area contributed by atoms with Crippen molar-refractivity contribution >= 4 is 16.6 Å². The molecule has 1 heterocycles. The van der Waals surface area contributed by atoms with Crippen molar-refractivity contribution < 1.29 is 0 Å². The van der Waals surface area contributed by atoms with Gasteiger partial charge in [-0.2, -0.15) is 0 Å². The van der Waals surface area contributed by atoms with Crippen LogP contribution in [0.3, 0.4) is 0 Å². The number of fused-ring (bicyclic) bond motifs is 1. The molecular formula is C17H25N3. The zero-order chi connectivity index (χ0) is 14.8. The first-order chi connectivity index (χ1) is 9.35. The van der Waals surface area contributed by atoms with Crippen molar-refractivity contribution in [1.29, 1.82) is 0 Å². The van der Waals surface area contributed by atoms with Gasteiger partial charge in [0.05, 0.1) is 5.69 Å². The summed E-state index contributed by atoms with van der Waals surface area (Å²) < 4.78 is 0. The smallest absolute Gasteiger partial charge is 0.134 e. The Labute approximate surface area is 121 Å². The fourth-order valence-electron chi connectivity index (χ4n) is 2.10. The molecule has 2 aromatic rings. The van der Waals surface area contributed by atoms with Crippen LogP contribution in [0.1, 0.15) is 40.3 Å². The predicted molar refractivity (Wildman–Crippen MR) is 87.1 cm³/mol. The average Bonchev–Trinajstić information content (AvgIpc) is 2.34. The molecule has 0 fully saturated rings. The third-order valence-corrected chi connectivity index (χ3v) is 2.98. The third-order valence-electron chi connectivity index (χ3n) is 2.98. The minimum absolute atomic E-state index is 0.000128. The lowest BCUT2D eigenvalue weighted by Gasteiger charge is -2.23. The molecular weight excluding hydrogens is 246 g/mol. The van der Waals surface area contributed by atoms with Crippen LogP contribution in [0.2, 0.25) is 0 Å². The summed E-state index contributed by atoms with van der Waals surface area (Å²) in [5.74, 6) is 0.969. The second kappa shape index (κ2) is 5.80. The minimum Gasteiger partial charge on any atom is -0.365 e. The summed E-state index contributed by atoms with van der Waals surface area (Å²) in [7, 11) is 0. The normalized spacial score (nSPS) is 12.1. The molecule has 0 bridgehead atoms. The molecule has 1 aromatic heterocycles. The number of benzene rings is 1. The molecule has 0 saturated carbocycles. The van der Waals surface area contributed by atoms with Gasteiger partial charge in [0, 0.05) is 23.5 Å². The largest absolute Gasteiger partial charge is 0.365 e. The molecule has 2 N–H and O–H groups in total. The van der Waals surface area contributed by atoms with Gasteiger partial charge in [-0.3, -0.25) is 0 Å². The molecule has 0 radical (unpaired) electrons. The Bertz CT molecular complexity index is 582. The summed E-state index contributed by atoms with van der Waals surface area (Å²) in [5.41, 5.74) is 1.07. The molecule has 0 saturated heterocycles. The molecule has 1 aromatic carbocycles. The van der Waals surface area contributed by atoms with E-state index in [2.05, 4.69) is 75.6 Å². The monoisotopic (exact) mass is 271 g/mol. The molecule has 108 valence electrons. The Morgan fingerprint density at radius 1 is 1.15 bits per heavy atom. The SMILES string of the molecule is CC(C)NCc1cc2ccccc2c(NC(C)(C)C)n1. The highest BCUT2D eigenvalue weighted by atomic mass is 15.1. The van der Waals surface area contributed by atoms with Gasteiger partial charge in [-0.1, -0.05) is 38.1 Å². The fraction of sp³-hybridized carbons (Fsp3) is 0.471. The van der Waals surface area contributed by atoms with Gasteiger partial charge >= 0.3 is 0 Å². The van der Waals surface area contributed by atoms with E-state index in [1.54, 1.807) is 0 Å². The van der Waals surface area contributed by atoms with Crippen LogP contribution in [0.5, 0.6) is 0 Å². The molecule has 0 spiro atoms. The zero-order valence-electron chi connectivity index (χ0n) is 13.1. The first kappa shape index (κ1) is 14.8. The van der Waals surface area contributed by atoms with E-state index in [0.29, 0.717) is 6.04 Å². The number of nitrogens with one attached hydrogen (secondary N) is 2. The lowest BCUT2D eigenvalue weighted by molar-refractivity contribution is 0.580. The number of nitrogens with zero attached hydrogens (tertiary/aromatic N) is 1. The molecule has 20 heavy (non-hydrogen) atoms. The van der Waals surface area contributed by atoms with E-state index in [1.807, 2.05) is 0 Å².